The highest BCUT2D eigenvalue weighted by Crippen LogP contribution is 2.28. The third kappa shape index (κ3) is 4.02. The molecule has 1 saturated carbocycles. The smallest absolute Gasteiger partial charge is 0.162 e. The second kappa shape index (κ2) is 7.72. The SMILES string of the molecule is CCCNC(Cc1cccc(F)c1F)C1CCCCC1. The Kier molecular flexibility index (Phi) is 5.96. The maximum Gasteiger partial charge on any atom is 0.162 e. The van der Waals surface area contributed by atoms with E-state index in [9.17, 15) is 8.78 Å². The second-order valence-electron chi connectivity index (χ2n) is 5.88. The van der Waals surface area contributed by atoms with Gasteiger partial charge in [0.1, 0.15) is 0 Å². The second-order valence-corrected chi connectivity index (χ2v) is 5.88. The molecule has 0 spiro atoms. The van der Waals surface area contributed by atoms with E-state index in [0.717, 1.165) is 13.0 Å². The van der Waals surface area contributed by atoms with E-state index in [-0.39, 0.29) is 6.04 Å². The summed E-state index contributed by atoms with van der Waals surface area (Å²) in [6.45, 7) is 3.08. The third-order valence-corrected chi connectivity index (χ3v) is 4.35. The average molecular weight is 281 g/mol. The average Bonchev–Trinajstić information content (AvgIpc) is 2.48. The lowest BCUT2D eigenvalue weighted by Crippen LogP contribution is -2.39. The Labute approximate surface area is 120 Å². The summed E-state index contributed by atoms with van der Waals surface area (Å²) >= 11 is 0. The summed E-state index contributed by atoms with van der Waals surface area (Å²) in [5.41, 5.74) is 0.504. The summed E-state index contributed by atoms with van der Waals surface area (Å²) < 4.78 is 27.2. The zero-order valence-electron chi connectivity index (χ0n) is 12.3. The number of nitrogens with one attached hydrogen (secondary N) is 1. The van der Waals surface area contributed by atoms with Crippen molar-refractivity contribution >= 4 is 0 Å². The number of hydrogen-bond acceptors (Lipinski definition) is 1. The topological polar surface area (TPSA) is 12.0 Å². The minimum Gasteiger partial charge on any atom is -0.313 e. The van der Waals surface area contributed by atoms with Crippen LogP contribution >= 0.6 is 0 Å². The molecule has 1 aliphatic rings. The quantitative estimate of drug-likeness (QED) is 0.812. The number of hydrogen-bond donors (Lipinski definition) is 1. The first-order valence-electron chi connectivity index (χ1n) is 7.88. The van der Waals surface area contributed by atoms with Gasteiger partial charge in [0.15, 0.2) is 11.6 Å². The molecular weight excluding hydrogens is 256 g/mol. The van der Waals surface area contributed by atoms with Crippen LogP contribution in [0.2, 0.25) is 0 Å². The molecule has 0 bridgehead atoms. The van der Waals surface area contributed by atoms with Gasteiger partial charge in [-0.2, -0.15) is 0 Å². The lowest BCUT2D eigenvalue weighted by Gasteiger charge is -2.31. The van der Waals surface area contributed by atoms with Crippen molar-refractivity contribution in [3.63, 3.8) is 0 Å². The largest absolute Gasteiger partial charge is 0.313 e. The Hall–Kier alpha value is -0.960. The predicted octanol–water partition coefficient (Wildman–Crippen LogP) is 4.46. The van der Waals surface area contributed by atoms with Crippen LogP contribution < -0.4 is 5.32 Å². The summed E-state index contributed by atoms with van der Waals surface area (Å²) in [5.74, 6) is -0.815. The van der Waals surface area contributed by atoms with Crippen LogP contribution in [0.15, 0.2) is 18.2 Å². The maximum absolute atomic E-state index is 13.8. The normalized spacial score (nSPS) is 18.1. The van der Waals surface area contributed by atoms with Gasteiger partial charge in [-0.05, 0) is 49.8 Å². The van der Waals surface area contributed by atoms with Crippen molar-refractivity contribution in [3.05, 3.63) is 35.4 Å². The van der Waals surface area contributed by atoms with Crippen LogP contribution in [0.1, 0.15) is 51.0 Å². The first-order valence-corrected chi connectivity index (χ1v) is 7.88. The molecule has 1 fully saturated rings. The fourth-order valence-electron chi connectivity index (χ4n) is 3.21. The van der Waals surface area contributed by atoms with E-state index in [0.29, 0.717) is 17.9 Å². The van der Waals surface area contributed by atoms with Crippen LogP contribution in [0.3, 0.4) is 0 Å². The maximum atomic E-state index is 13.8. The van der Waals surface area contributed by atoms with E-state index < -0.39 is 11.6 Å². The Morgan fingerprint density at radius 2 is 1.95 bits per heavy atom. The third-order valence-electron chi connectivity index (χ3n) is 4.35. The van der Waals surface area contributed by atoms with Gasteiger partial charge in [-0.3, -0.25) is 0 Å². The molecule has 1 aliphatic carbocycles. The Morgan fingerprint density at radius 1 is 1.20 bits per heavy atom. The van der Waals surface area contributed by atoms with E-state index in [1.165, 1.54) is 38.2 Å². The molecule has 0 aromatic heterocycles. The molecule has 1 aromatic carbocycles. The lowest BCUT2D eigenvalue weighted by atomic mass is 9.81. The standard InChI is InChI=1S/C17H25F2N/c1-2-11-20-16(13-7-4-3-5-8-13)12-14-9-6-10-15(18)17(14)19/h6,9-10,13,16,20H,2-5,7-8,11-12H2,1H3. The Bertz CT molecular complexity index is 413. The summed E-state index contributed by atoms with van der Waals surface area (Å²) in [6, 6.07) is 4.77. The number of benzene rings is 1. The summed E-state index contributed by atoms with van der Waals surface area (Å²) in [7, 11) is 0. The first kappa shape index (κ1) is 15.4. The van der Waals surface area contributed by atoms with Gasteiger partial charge in [0.05, 0.1) is 0 Å². The number of rotatable bonds is 6. The van der Waals surface area contributed by atoms with E-state index in [1.807, 2.05) is 0 Å². The van der Waals surface area contributed by atoms with Gasteiger partial charge in [0.2, 0.25) is 0 Å². The van der Waals surface area contributed by atoms with Gasteiger partial charge in [-0.1, -0.05) is 38.3 Å². The van der Waals surface area contributed by atoms with Gasteiger partial charge in [-0.15, -0.1) is 0 Å². The molecule has 0 amide bonds. The van der Waals surface area contributed by atoms with Crippen LogP contribution in [0.5, 0.6) is 0 Å². The number of halogens is 2. The van der Waals surface area contributed by atoms with E-state index in [4.69, 9.17) is 0 Å². The Morgan fingerprint density at radius 3 is 2.65 bits per heavy atom. The van der Waals surface area contributed by atoms with Crippen LogP contribution in [-0.2, 0) is 6.42 Å². The highest BCUT2D eigenvalue weighted by Gasteiger charge is 2.24. The first-order chi connectivity index (χ1) is 9.72. The van der Waals surface area contributed by atoms with Gasteiger partial charge in [-0.25, -0.2) is 8.78 Å². The van der Waals surface area contributed by atoms with Gasteiger partial charge >= 0.3 is 0 Å². The van der Waals surface area contributed by atoms with Gasteiger partial charge < -0.3 is 5.32 Å². The van der Waals surface area contributed by atoms with Crippen molar-refractivity contribution < 1.29 is 8.78 Å². The van der Waals surface area contributed by atoms with Crippen molar-refractivity contribution in [2.45, 2.75) is 57.9 Å². The minimum absolute atomic E-state index is 0.270. The minimum atomic E-state index is -0.736. The Balaban J connectivity index is 2.07. The molecule has 3 heteroatoms. The van der Waals surface area contributed by atoms with Gasteiger partial charge in [0, 0.05) is 6.04 Å². The van der Waals surface area contributed by atoms with Crippen LogP contribution in [0, 0.1) is 17.6 Å². The van der Waals surface area contributed by atoms with E-state index in [2.05, 4.69) is 12.2 Å². The van der Waals surface area contributed by atoms with Gasteiger partial charge in [0.25, 0.3) is 0 Å². The highest BCUT2D eigenvalue weighted by atomic mass is 19.2. The zero-order valence-corrected chi connectivity index (χ0v) is 12.3. The van der Waals surface area contributed by atoms with Crippen LogP contribution in [0.25, 0.3) is 0 Å². The summed E-state index contributed by atoms with van der Waals surface area (Å²) in [4.78, 5) is 0. The molecule has 1 unspecified atom stereocenters. The van der Waals surface area contributed by atoms with Crippen molar-refractivity contribution in [2.24, 2.45) is 5.92 Å². The molecular formula is C17H25F2N. The predicted molar refractivity (Wildman–Crippen MR) is 78.7 cm³/mol. The van der Waals surface area contributed by atoms with Crippen molar-refractivity contribution in [1.29, 1.82) is 0 Å². The molecule has 0 heterocycles. The van der Waals surface area contributed by atoms with Crippen molar-refractivity contribution in [2.75, 3.05) is 6.54 Å². The molecule has 0 saturated heterocycles. The van der Waals surface area contributed by atoms with E-state index in [1.54, 1.807) is 12.1 Å². The highest BCUT2D eigenvalue weighted by molar-refractivity contribution is 5.20. The summed E-state index contributed by atoms with van der Waals surface area (Å²) in [5, 5.41) is 3.55. The summed E-state index contributed by atoms with van der Waals surface area (Å²) in [6.07, 6.45) is 7.91. The zero-order chi connectivity index (χ0) is 14.4. The molecule has 1 nitrogen and oxygen atoms in total. The fraction of sp³-hybridized carbons (Fsp3) is 0.647. The van der Waals surface area contributed by atoms with E-state index >= 15 is 0 Å². The molecule has 1 aromatic rings. The molecule has 1 N–H and O–H groups in total. The molecule has 20 heavy (non-hydrogen) atoms. The lowest BCUT2D eigenvalue weighted by molar-refractivity contribution is 0.265. The molecule has 2 rings (SSSR count). The van der Waals surface area contributed by atoms with Crippen molar-refractivity contribution in [3.8, 4) is 0 Å². The fourth-order valence-corrected chi connectivity index (χ4v) is 3.21. The molecule has 1 atom stereocenters. The van der Waals surface area contributed by atoms with Crippen LogP contribution in [0.4, 0.5) is 8.78 Å². The van der Waals surface area contributed by atoms with Crippen molar-refractivity contribution in [1.82, 2.24) is 5.32 Å². The molecule has 0 aliphatic heterocycles. The molecule has 0 radical (unpaired) electrons. The van der Waals surface area contributed by atoms with Crippen LogP contribution in [-0.4, -0.2) is 12.6 Å². The monoisotopic (exact) mass is 281 g/mol. The molecule has 112 valence electrons.